The summed E-state index contributed by atoms with van der Waals surface area (Å²) in [6.07, 6.45) is 3.58. The molecule has 0 radical (unpaired) electrons. The van der Waals surface area contributed by atoms with Gasteiger partial charge in [0.2, 0.25) is 5.91 Å². The molecule has 0 spiro atoms. The van der Waals surface area contributed by atoms with E-state index >= 15 is 0 Å². The van der Waals surface area contributed by atoms with Crippen LogP contribution < -0.4 is 10.6 Å². The minimum atomic E-state index is -0.361. The summed E-state index contributed by atoms with van der Waals surface area (Å²) in [6.45, 7) is 2.94. The fourth-order valence-corrected chi connectivity index (χ4v) is 4.22. The Morgan fingerprint density at radius 1 is 1.03 bits per heavy atom. The number of anilines is 1. The van der Waals surface area contributed by atoms with E-state index in [1.54, 1.807) is 0 Å². The molecule has 2 aromatic carbocycles. The third kappa shape index (κ3) is 5.07. The van der Waals surface area contributed by atoms with Gasteiger partial charge < -0.3 is 15.4 Å². The summed E-state index contributed by atoms with van der Waals surface area (Å²) in [5.74, 6) is -0.0937. The average Bonchev–Trinajstić information content (AvgIpc) is 3.48. The van der Waals surface area contributed by atoms with E-state index in [4.69, 9.17) is 4.74 Å². The number of carbonyl (C=O) groups excluding carboxylic acids is 2. The molecule has 0 saturated carbocycles. The minimum absolute atomic E-state index is 0.0110. The van der Waals surface area contributed by atoms with Gasteiger partial charge in [-0.2, -0.15) is 0 Å². The summed E-state index contributed by atoms with van der Waals surface area (Å²) >= 11 is 0. The lowest BCUT2D eigenvalue weighted by molar-refractivity contribution is -0.126. The van der Waals surface area contributed by atoms with Crippen molar-refractivity contribution in [3.8, 4) is 0 Å². The van der Waals surface area contributed by atoms with Crippen molar-refractivity contribution in [1.29, 1.82) is 0 Å². The Bertz CT molecular complexity index is 859. The molecule has 2 saturated heterocycles. The standard InChI is InChI=1S/C24H29N3O3/c28-23(21-12-7-15-30-21)26-20-11-6-8-18(16-20)17-25-24(29)22(27-13-4-5-14-27)19-9-2-1-3-10-19/h1-3,6,8-11,16,21-22H,4-5,7,12-15,17H2,(H,25,29)(H,26,28). The van der Waals surface area contributed by atoms with Crippen molar-refractivity contribution >= 4 is 17.5 Å². The van der Waals surface area contributed by atoms with Crippen molar-refractivity contribution in [2.45, 2.75) is 44.4 Å². The minimum Gasteiger partial charge on any atom is -0.368 e. The summed E-state index contributed by atoms with van der Waals surface area (Å²) < 4.78 is 5.44. The number of nitrogens with zero attached hydrogens (tertiary/aromatic N) is 1. The maximum absolute atomic E-state index is 13.1. The molecule has 0 aliphatic carbocycles. The fraction of sp³-hybridized carbons (Fsp3) is 0.417. The van der Waals surface area contributed by atoms with Gasteiger partial charge in [-0.1, -0.05) is 42.5 Å². The molecule has 2 aliphatic rings. The number of ether oxygens (including phenoxy) is 1. The largest absolute Gasteiger partial charge is 0.368 e. The average molecular weight is 408 g/mol. The second-order valence-electron chi connectivity index (χ2n) is 7.97. The highest BCUT2D eigenvalue weighted by Crippen LogP contribution is 2.25. The number of hydrogen-bond donors (Lipinski definition) is 2. The van der Waals surface area contributed by atoms with E-state index in [1.807, 2.05) is 54.6 Å². The highest BCUT2D eigenvalue weighted by atomic mass is 16.5. The molecule has 2 heterocycles. The first-order valence-electron chi connectivity index (χ1n) is 10.8. The Balaban J connectivity index is 1.39. The molecule has 6 heteroatoms. The number of carbonyl (C=O) groups is 2. The summed E-state index contributed by atoms with van der Waals surface area (Å²) in [5.41, 5.74) is 2.69. The van der Waals surface area contributed by atoms with E-state index in [2.05, 4.69) is 15.5 Å². The SMILES string of the molecule is O=C(Nc1cccc(CNC(=O)C(c2ccccc2)N2CCCC2)c1)C1CCCO1. The Hall–Kier alpha value is -2.70. The Kier molecular flexibility index (Phi) is 6.77. The second-order valence-corrected chi connectivity index (χ2v) is 7.97. The zero-order valence-electron chi connectivity index (χ0n) is 17.2. The molecule has 2 unspecified atom stereocenters. The third-order valence-corrected chi connectivity index (χ3v) is 5.75. The van der Waals surface area contributed by atoms with Crippen molar-refractivity contribution in [3.05, 3.63) is 65.7 Å². The molecule has 2 aliphatic heterocycles. The lowest BCUT2D eigenvalue weighted by Crippen LogP contribution is -2.39. The van der Waals surface area contributed by atoms with Crippen LogP contribution in [0.1, 0.15) is 42.9 Å². The van der Waals surface area contributed by atoms with Crippen molar-refractivity contribution in [3.63, 3.8) is 0 Å². The Morgan fingerprint density at radius 2 is 1.83 bits per heavy atom. The highest BCUT2D eigenvalue weighted by molar-refractivity contribution is 5.94. The molecule has 2 amide bonds. The summed E-state index contributed by atoms with van der Waals surface area (Å²) in [4.78, 5) is 27.6. The number of nitrogens with one attached hydrogen (secondary N) is 2. The second kappa shape index (κ2) is 9.87. The van der Waals surface area contributed by atoms with E-state index in [9.17, 15) is 9.59 Å². The van der Waals surface area contributed by atoms with Gasteiger partial charge in [-0.3, -0.25) is 14.5 Å². The van der Waals surface area contributed by atoms with Crippen molar-refractivity contribution in [2.75, 3.05) is 25.0 Å². The normalized spacial score (nSPS) is 20.1. The molecule has 6 nitrogen and oxygen atoms in total. The van der Waals surface area contributed by atoms with Crippen molar-refractivity contribution in [1.82, 2.24) is 10.2 Å². The van der Waals surface area contributed by atoms with E-state index in [-0.39, 0.29) is 24.0 Å². The molecular weight excluding hydrogens is 378 g/mol. The van der Waals surface area contributed by atoms with Crippen LogP contribution in [0, 0.1) is 0 Å². The maximum Gasteiger partial charge on any atom is 0.253 e. The number of amides is 2. The molecule has 2 N–H and O–H groups in total. The molecule has 2 aromatic rings. The zero-order valence-corrected chi connectivity index (χ0v) is 17.2. The van der Waals surface area contributed by atoms with Crippen LogP contribution in [0.3, 0.4) is 0 Å². The maximum atomic E-state index is 13.1. The van der Waals surface area contributed by atoms with Crippen LogP contribution in [0.4, 0.5) is 5.69 Å². The highest BCUT2D eigenvalue weighted by Gasteiger charge is 2.29. The van der Waals surface area contributed by atoms with E-state index in [0.717, 1.165) is 55.6 Å². The quantitative estimate of drug-likeness (QED) is 0.739. The number of rotatable bonds is 7. The van der Waals surface area contributed by atoms with Crippen LogP contribution >= 0.6 is 0 Å². The van der Waals surface area contributed by atoms with Gasteiger partial charge in [0, 0.05) is 18.8 Å². The Labute approximate surface area is 177 Å². The van der Waals surface area contributed by atoms with Crippen molar-refractivity contribution in [2.24, 2.45) is 0 Å². The molecule has 4 rings (SSSR count). The van der Waals surface area contributed by atoms with Crippen LogP contribution in [-0.4, -0.2) is 42.5 Å². The molecule has 158 valence electrons. The van der Waals surface area contributed by atoms with Gasteiger partial charge in [0.05, 0.1) is 0 Å². The lowest BCUT2D eigenvalue weighted by Gasteiger charge is -2.27. The topological polar surface area (TPSA) is 70.7 Å². The van der Waals surface area contributed by atoms with E-state index in [1.165, 1.54) is 0 Å². The molecule has 0 aromatic heterocycles. The number of likely N-dealkylation sites (tertiary alicyclic amines) is 1. The number of hydrogen-bond acceptors (Lipinski definition) is 4. The fourth-order valence-electron chi connectivity index (χ4n) is 4.22. The van der Waals surface area contributed by atoms with Gasteiger partial charge >= 0.3 is 0 Å². The molecule has 0 bridgehead atoms. The summed E-state index contributed by atoms with van der Waals surface area (Å²) in [7, 11) is 0. The lowest BCUT2D eigenvalue weighted by atomic mass is 10.0. The van der Waals surface area contributed by atoms with Gasteiger partial charge in [-0.25, -0.2) is 0 Å². The first-order valence-corrected chi connectivity index (χ1v) is 10.8. The van der Waals surface area contributed by atoms with Crippen LogP contribution in [0.2, 0.25) is 0 Å². The van der Waals surface area contributed by atoms with Gasteiger partial charge in [0.25, 0.3) is 5.91 Å². The Morgan fingerprint density at radius 3 is 2.57 bits per heavy atom. The summed E-state index contributed by atoms with van der Waals surface area (Å²) in [6, 6.07) is 17.3. The van der Waals surface area contributed by atoms with Crippen molar-refractivity contribution < 1.29 is 14.3 Å². The van der Waals surface area contributed by atoms with Crippen LogP contribution in [-0.2, 0) is 20.9 Å². The van der Waals surface area contributed by atoms with Gasteiger partial charge in [0.1, 0.15) is 12.1 Å². The van der Waals surface area contributed by atoms with E-state index in [0.29, 0.717) is 13.2 Å². The van der Waals surface area contributed by atoms with Crippen LogP contribution in [0.15, 0.2) is 54.6 Å². The van der Waals surface area contributed by atoms with Gasteiger partial charge in [-0.05, 0) is 62.0 Å². The predicted molar refractivity (Wildman–Crippen MR) is 116 cm³/mol. The van der Waals surface area contributed by atoms with E-state index < -0.39 is 0 Å². The van der Waals surface area contributed by atoms with Gasteiger partial charge in [0.15, 0.2) is 0 Å². The molecular formula is C24H29N3O3. The first-order chi connectivity index (χ1) is 14.7. The van der Waals surface area contributed by atoms with Crippen LogP contribution in [0.5, 0.6) is 0 Å². The number of benzene rings is 2. The molecule has 2 fully saturated rings. The molecule has 30 heavy (non-hydrogen) atoms. The monoisotopic (exact) mass is 407 g/mol. The molecule has 2 atom stereocenters. The summed E-state index contributed by atoms with van der Waals surface area (Å²) in [5, 5.41) is 6.01. The van der Waals surface area contributed by atoms with Gasteiger partial charge in [-0.15, -0.1) is 0 Å². The smallest absolute Gasteiger partial charge is 0.253 e. The zero-order chi connectivity index (χ0) is 20.8. The first kappa shape index (κ1) is 20.6. The van der Waals surface area contributed by atoms with Crippen LogP contribution in [0.25, 0.3) is 0 Å². The predicted octanol–water partition coefficient (Wildman–Crippen LogP) is 3.26. The third-order valence-electron chi connectivity index (χ3n) is 5.75.